The third-order valence-corrected chi connectivity index (χ3v) is 5.56. The van der Waals surface area contributed by atoms with Crippen LogP contribution in [0.2, 0.25) is 0 Å². The fourth-order valence-electron chi connectivity index (χ4n) is 4.19. The second-order valence-corrected chi connectivity index (χ2v) is 7.44. The van der Waals surface area contributed by atoms with Crippen molar-refractivity contribution in [2.24, 2.45) is 0 Å². The molecule has 0 N–H and O–H groups in total. The van der Waals surface area contributed by atoms with Crippen LogP contribution in [0.4, 0.5) is 4.39 Å². The van der Waals surface area contributed by atoms with Crippen molar-refractivity contribution in [2.45, 2.75) is 31.7 Å². The summed E-state index contributed by atoms with van der Waals surface area (Å²) in [5, 5.41) is 0. The first kappa shape index (κ1) is 16.6. The number of likely N-dealkylation sites (tertiary alicyclic amines) is 1. The lowest BCUT2D eigenvalue weighted by molar-refractivity contribution is -0.0821. The predicted octanol–water partition coefficient (Wildman–Crippen LogP) is 3.26. The maximum absolute atomic E-state index is 13.7. The van der Waals surface area contributed by atoms with Crippen LogP contribution in [0.25, 0.3) is 11.3 Å². The van der Waals surface area contributed by atoms with Crippen LogP contribution in [0.5, 0.6) is 0 Å². The quantitative estimate of drug-likeness (QED) is 0.716. The van der Waals surface area contributed by atoms with Crippen LogP contribution in [0, 0.1) is 5.82 Å². The normalized spacial score (nSPS) is 22.3. The van der Waals surface area contributed by atoms with Crippen LogP contribution in [0.15, 0.2) is 55.0 Å². The van der Waals surface area contributed by atoms with Gasteiger partial charge in [0.15, 0.2) is 0 Å². The van der Waals surface area contributed by atoms with Crippen molar-refractivity contribution < 1.29 is 9.13 Å². The first-order valence-corrected chi connectivity index (χ1v) is 9.26. The second-order valence-electron chi connectivity index (χ2n) is 7.44. The molecule has 0 saturated carbocycles. The van der Waals surface area contributed by atoms with Crippen LogP contribution in [-0.2, 0) is 24.4 Å². The van der Waals surface area contributed by atoms with Gasteiger partial charge in [0.25, 0.3) is 0 Å². The lowest BCUT2D eigenvalue weighted by Gasteiger charge is -2.35. The van der Waals surface area contributed by atoms with Gasteiger partial charge < -0.3 is 9.30 Å². The highest BCUT2D eigenvalue weighted by molar-refractivity contribution is 5.59. The maximum atomic E-state index is 13.7. The number of halogens is 1. The van der Waals surface area contributed by atoms with E-state index < -0.39 is 0 Å². The average molecular weight is 364 g/mol. The lowest BCUT2D eigenvalue weighted by atomic mass is 10.0. The van der Waals surface area contributed by atoms with Gasteiger partial charge in [0, 0.05) is 37.6 Å². The van der Waals surface area contributed by atoms with Crippen LogP contribution in [0.1, 0.15) is 17.8 Å². The average Bonchev–Trinajstić information content (AvgIpc) is 3.27. The van der Waals surface area contributed by atoms with E-state index in [1.807, 2.05) is 24.7 Å². The summed E-state index contributed by atoms with van der Waals surface area (Å²) in [6.07, 6.45) is 6.48. The summed E-state index contributed by atoms with van der Waals surface area (Å²) in [5.41, 5.74) is 2.88. The highest BCUT2D eigenvalue weighted by Gasteiger charge is 2.43. The SMILES string of the molecule is Fc1cccc(-c2cnc3n2C[C@]2(CCN(Cc4ccncc4)C2)OC3)c1. The minimum Gasteiger partial charge on any atom is -0.364 e. The molecule has 4 heterocycles. The predicted molar refractivity (Wildman–Crippen MR) is 99.3 cm³/mol. The molecule has 0 unspecified atom stereocenters. The van der Waals surface area contributed by atoms with E-state index in [1.165, 1.54) is 11.6 Å². The number of benzene rings is 1. The third kappa shape index (κ3) is 3.15. The molecule has 1 fully saturated rings. The molecule has 0 amide bonds. The molecule has 1 saturated heterocycles. The first-order valence-electron chi connectivity index (χ1n) is 9.26. The summed E-state index contributed by atoms with van der Waals surface area (Å²) in [5.74, 6) is 0.682. The Morgan fingerprint density at radius 1 is 1.15 bits per heavy atom. The third-order valence-electron chi connectivity index (χ3n) is 5.56. The van der Waals surface area contributed by atoms with Gasteiger partial charge in [-0.05, 0) is 36.2 Å². The van der Waals surface area contributed by atoms with Crippen molar-refractivity contribution in [1.82, 2.24) is 19.4 Å². The number of hydrogen-bond donors (Lipinski definition) is 0. The molecule has 0 aliphatic carbocycles. The number of pyridine rings is 1. The van der Waals surface area contributed by atoms with Gasteiger partial charge in [0.1, 0.15) is 23.8 Å². The molecular weight excluding hydrogens is 343 g/mol. The monoisotopic (exact) mass is 364 g/mol. The minimum atomic E-state index is -0.228. The molecule has 2 aliphatic rings. The van der Waals surface area contributed by atoms with Gasteiger partial charge in [0.2, 0.25) is 0 Å². The van der Waals surface area contributed by atoms with Crippen molar-refractivity contribution in [3.63, 3.8) is 0 Å². The Hall–Kier alpha value is -2.57. The highest BCUT2D eigenvalue weighted by Crippen LogP contribution is 2.35. The summed E-state index contributed by atoms with van der Waals surface area (Å²) in [6.45, 7) is 4.04. The Balaban J connectivity index is 1.37. The summed E-state index contributed by atoms with van der Waals surface area (Å²) >= 11 is 0. The van der Waals surface area contributed by atoms with Crippen molar-refractivity contribution in [3.05, 3.63) is 72.2 Å². The molecule has 0 bridgehead atoms. The Kier molecular flexibility index (Phi) is 4.02. The van der Waals surface area contributed by atoms with Crippen LogP contribution in [0.3, 0.4) is 0 Å². The number of hydrogen-bond acceptors (Lipinski definition) is 4. The molecule has 1 aromatic carbocycles. The van der Waals surface area contributed by atoms with Crippen LogP contribution in [-0.4, -0.2) is 38.1 Å². The summed E-state index contributed by atoms with van der Waals surface area (Å²) in [6, 6.07) is 10.8. The molecule has 5 nitrogen and oxygen atoms in total. The van der Waals surface area contributed by atoms with Gasteiger partial charge in [0.05, 0.1) is 18.4 Å². The second kappa shape index (κ2) is 6.55. The standard InChI is InChI=1S/C21H21FN4O/c22-18-3-1-2-17(10-18)19-11-24-20-13-27-21(15-26(19)20)6-9-25(14-21)12-16-4-7-23-8-5-16/h1-5,7-8,10-11H,6,9,12-15H2/t21-/m1/s1. The Bertz CT molecular complexity index is 958. The summed E-state index contributed by atoms with van der Waals surface area (Å²) in [4.78, 5) is 11.0. The smallest absolute Gasteiger partial charge is 0.135 e. The molecule has 6 heteroatoms. The summed E-state index contributed by atoms with van der Waals surface area (Å²) in [7, 11) is 0. The molecule has 2 aliphatic heterocycles. The first-order chi connectivity index (χ1) is 13.2. The fraction of sp³-hybridized carbons (Fsp3) is 0.333. The number of aromatic nitrogens is 3. The van der Waals surface area contributed by atoms with Crippen molar-refractivity contribution in [2.75, 3.05) is 13.1 Å². The Morgan fingerprint density at radius 3 is 2.89 bits per heavy atom. The Labute approximate surface area is 157 Å². The van der Waals surface area contributed by atoms with E-state index in [2.05, 4.69) is 31.6 Å². The zero-order valence-corrected chi connectivity index (χ0v) is 15.0. The molecule has 0 radical (unpaired) electrons. The van der Waals surface area contributed by atoms with Crippen LogP contribution >= 0.6 is 0 Å². The van der Waals surface area contributed by atoms with Gasteiger partial charge in [-0.25, -0.2) is 9.37 Å². The zero-order valence-electron chi connectivity index (χ0n) is 15.0. The largest absolute Gasteiger partial charge is 0.364 e. The molecule has 138 valence electrons. The topological polar surface area (TPSA) is 43.2 Å². The lowest BCUT2D eigenvalue weighted by Crippen LogP contribution is -2.44. The van der Waals surface area contributed by atoms with Crippen molar-refractivity contribution in [1.29, 1.82) is 0 Å². The van der Waals surface area contributed by atoms with Gasteiger partial charge in [-0.1, -0.05) is 12.1 Å². The minimum absolute atomic E-state index is 0.206. The van der Waals surface area contributed by atoms with E-state index in [0.717, 1.165) is 49.7 Å². The van der Waals surface area contributed by atoms with Gasteiger partial charge in [-0.3, -0.25) is 9.88 Å². The highest BCUT2D eigenvalue weighted by atomic mass is 19.1. The van der Waals surface area contributed by atoms with E-state index in [9.17, 15) is 4.39 Å². The number of ether oxygens (including phenoxy) is 1. The van der Waals surface area contributed by atoms with Crippen LogP contribution < -0.4 is 0 Å². The molecule has 1 atom stereocenters. The van der Waals surface area contributed by atoms with Crippen molar-refractivity contribution >= 4 is 0 Å². The Morgan fingerprint density at radius 2 is 2.04 bits per heavy atom. The molecule has 2 aromatic heterocycles. The number of imidazole rings is 1. The molecular formula is C21H21FN4O. The number of nitrogens with zero attached hydrogens (tertiary/aromatic N) is 4. The number of rotatable bonds is 3. The molecule has 3 aromatic rings. The molecule has 5 rings (SSSR count). The number of fused-ring (bicyclic) bond motifs is 1. The van der Waals surface area contributed by atoms with E-state index in [0.29, 0.717) is 6.61 Å². The molecule has 1 spiro atoms. The van der Waals surface area contributed by atoms with Gasteiger partial charge >= 0.3 is 0 Å². The van der Waals surface area contributed by atoms with Gasteiger partial charge in [-0.2, -0.15) is 0 Å². The zero-order chi connectivity index (χ0) is 18.3. The fourth-order valence-corrected chi connectivity index (χ4v) is 4.19. The summed E-state index contributed by atoms with van der Waals surface area (Å²) < 4.78 is 22.2. The van der Waals surface area contributed by atoms with E-state index in [-0.39, 0.29) is 11.4 Å². The maximum Gasteiger partial charge on any atom is 0.135 e. The van der Waals surface area contributed by atoms with Gasteiger partial charge in [-0.15, -0.1) is 0 Å². The van der Waals surface area contributed by atoms with E-state index in [4.69, 9.17) is 4.74 Å². The van der Waals surface area contributed by atoms with E-state index in [1.54, 1.807) is 12.1 Å². The molecule has 27 heavy (non-hydrogen) atoms. The van der Waals surface area contributed by atoms with Crippen molar-refractivity contribution in [3.8, 4) is 11.3 Å². The van der Waals surface area contributed by atoms with E-state index >= 15 is 0 Å².